The van der Waals surface area contributed by atoms with Gasteiger partial charge in [0.2, 0.25) is 0 Å². The molecule has 0 aliphatic heterocycles. The van der Waals surface area contributed by atoms with Crippen molar-refractivity contribution in [3.63, 3.8) is 0 Å². The van der Waals surface area contributed by atoms with Crippen molar-refractivity contribution in [2.45, 2.75) is 92.9 Å². The number of hydrogen-bond acceptors (Lipinski definition) is 1. The molecule has 4 heteroatoms. The normalized spacial score (nSPS) is 11.9. The van der Waals surface area contributed by atoms with Crippen molar-refractivity contribution >= 4 is 5.97 Å². The summed E-state index contributed by atoms with van der Waals surface area (Å²) in [5, 5.41) is 10.7. The van der Waals surface area contributed by atoms with Crippen LogP contribution in [0.2, 0.25) is 0 Å². The molecule has 2 aromatic carbocycles. The van der Waals surface area contributed by atoms with Crippen LogP contribution in [-0.4, -0.2) is 15.6 Å². The predicted molar refractivity (Wildman–Crippen MR) is 140 cm³/mol. The van der Waals surface area contributed by atoms with Gasteiger partial charge in [-0.1, -0.05) is 91.8 Å². The summed E-state index contributed by atoms with van der Waals surface area (Å²) in [6.45, 7) is 21.5. The zero-order valence-electron chi connectivity index (χ0n) is 22.5. The van der Waals surface area contributed by atoms with E-state index in [1.165, 1.54) is 22.3 Å². The van der Waals surface area contributed by atoms with Gasteiger partial charge in [-0.25, -0.2) is 4.79 Å². The summed E-state index contributed by atoms with van der Waals surface area (Å²) in [5.41, 5.74) is 8.61. The number of aromatic nitrogens is 2. The Hall–Kier alpha value is -2.88. The maximum atomic E-state index is 13.0. The Morgan fingerprint density at radius 2 is 1.12 bits per heavy atom. The smallest absolute Gasteiger partial charge is 0.420 e. The highest BCUT2D eigenvalue weighted by Gasteiger charge is 2.38. The summed E-state index contributed by atoms with van der Waals surface area (Å²) >= 11 is 0. The van der Waals surface area contributed by atoms with Crippen molar-refractivity contribution in [3.05, 3.63) is 75.9 Å². The lowest BCUT2D eigenvalue weighted by atomic mass is 9.92. The van der Waals surface area contributed by atoms with Gasteiger partial charge in [-0.3, -0.25) is 0 Å². The van der Waals surface area contributed by atoms with Crippen molar-refractivity contribution in [3.8, 4) is 11.4 Å². The number of carboxylic acids is 1. The number of carbonyl (C=O) groups is 1. The standard InChI is InChI=1S/C30H40N2O2/c1-17(2)23-13-11-14-24(18(3)4)27(23)31-21(9)22(10)32(29(31)30(33)34)28-25(19(5)6)15-12-16-26(28)20(7)8/h11-20H,1-10H3/p+1. The van der Waals surface area contributed by atoms with E-state index in [1.54, 1.807) is 0 Å². The van der Waals surface area contributed by atoms with E-state index in [2.05, 4.69) is 91.8 Å². The number of carboxylic acid groups (broad SMARTS) is 1. The molecule has 1 aromatic heterocycles. The van der Waals surface area contributed by atoms with Crippen LogP contribution in [0.4, 0.5) is 0 Å². The molecule has 182 valence electrons. The van der Waals surface area contributed by atoms with Crippen molar-refractivity contribution in [1.29, 1.82) is 0 Å². The molecule has 3 aromatic rings. The van der Waals surface area contributed by atoms with Crippen LogP contribution in [0.1, 0.15) is 123 Å². The van der Waals surface area contributed by atoms with Gasteiger partial charge in [0.1, 0.15) is 22.8 Å². The second-order valence-corrected chi connectivity index (χ2v) is 10.7. The van der Waals surface area contributed by atoms with Crippen molar-refractivity contribution in [2.75, 3.05) is 0 Å². The number of benzene rings is 2. The minimum absolute atomic E-state index is 0.264. The van der Waals surface area contributed by atoms with Gasteiger partial charge in [0, 0.05) is 36.1 Å². The first-order chi connectivity index (χ1) is 15.9. The first-order valence-electron chi connectivity index (χ1n) is 12.5. The number of nitrogens with zero attached hydrogens (tertiary/aromatic N) is 2. The molecular weight excluding hydrogens is 420 g/mol. The third kappa shape index (κ3) is 4.31. The molecule has 0 unspecified atom stereocenters. The van der Waals surface area contributed by atoms with E-state index in [0.29, 0.717) is 5.82 Å². The minimum atomic E-state index is -0.919. The molecule has 0 aliphatic rings. The van der Waals surface area contributed by atoms with Crippen LogP contribution in [0.5, 0.6) is 0 Å². The van der Waals surface area contributed by atoms with E-state index in [4.69, 9.17) is 0 Å². The molecule has 0 aliphatic carbocycles. The van der Waals surface area contributed by atoms with Crippen LogP contribution in [-0.2, 0) is 0 Å². The van der Waals surface area contributed by atoms with Crippen molar-refractivity contribution < 1.29 is 14.5 Å². The summed E-state index contributed by atoms with van der Waals surface area (Å²) in [4.78, 5) is 13.0. The number of hydrogen-bond donors (Lipinski definition) is 1. The topological polar surface area (TPSA) is 46.1 Å². The fourth-order valence-electron chi connectivity index (χ4n) is 5.02. The average Bonchev–Trinajstić information content (AvgIpc) is 3.02. The van der Waals surface area contributed by atoms with E-state index in [1.807, 2.05) is 23.0 Å². The van der Waals surface area contributed by atoms with E-state index >= 15 is 0 Å². The van der Waals surface area contributed by atoms with Gasteiger partial charge in [-0.15, -0.1) is 0 Å². The molecular formula is C30H41N2O2+. The lowest BCUT2D eigenvalue weighted by Gasteiger charge is -2.19. The maximum absolute atomic E-state index is 13.0. The SMILES string of the molecule is Cc1c(C)[n+](-c2c(C(C)C)cccc2C(C)C)c(C(=O)O)n1-c1c(C(C)C)cccc1C(C)C. The summed E-state index contributed by atoms with van der Waals surface area (Å²) in [6, 6.07) is 12.7. The zero-order valence-corrected chi connectivity index (χ0v) is 22.5. The fraction of sp³-hybridized carbons (Fsp3) is 0.467. The number of aromatic carboxylic acids is 1. The number of para-hydroxylation sites is 2. The quantitative estimate of drug-likeness (QED) is 0.369. The Kier molecular flexibility index (Phi) is 7.40. The van der Waals surface area contributed by atoms with Crippen molar-refractivity contribution in [2.24, 2.45) is 0 Å². The van der Waals surface area contributed by atoms with Crippen LogP contribution >= 0.6 is 0 Å². The molecule has 4 nitrogen and oxygen atoms in total. The molecule has 3 rings (SSSR count). The minimum Gasteiger partial charge on any atom is -0.472 e. The van der Waals surface area contributed by atoms with Gasteiger partial charge >= 0.3 is 11.8 Å². The Labute approximate surface area is 205 Å². The summed E-state index contributed by atoms with van der Waals surface area (Å²) < 4.78 is 4.01. The second-order valence-electron chi connectivity index (χ2n) is 10.7. The molecule has 34 heavy (non-hydrogen) atoms. The Morgan fingerprint density at radius 3 is 1.47 bits per heavy atom. The summed E-state index contributed by atoms with van der Waals surface area (Å²) in [7, 11) is 0. The first-order valence-corrected chi connectivity index (χ1v) is 12.5. The molecule has 0 spiro atoms. The summed E-state index contributed by atoms with van der Waals surface area (Å²) in [5.74, 6) is 0.429. The molecule has 0 radical (unpaired) electrons. The van der Waals surface area contributed by atoms with E-state index in [0.717, 1.165) is 22.8 Å². The van der Waals surface area contributed by atoms with Crippen molar-refractivity contribution in [1.82, 2.24) is 4.57 Å². The van der Waals surface area contributed by atoms with Gasteiger partial charge < -0.3 is 5.11 Å². The van der Waals surface area contributed by atoms with E-state index < -0.39 is 5.97 Å². The lowest BCUT2D eigenvalue weighted by molar-refractivity contribution is -0.605. The number of rotatable bonds is 7. The van der Waals surface area contributed by atoms with Crippen LogP contribution in [0.3, 0.4) is 0 Å². The largest absolute Gasteiger partial charge is 0.472 e. The Balaban J connectivity index is 2.58. The predicted octanol–water partition coefficient (Wildman–Crippen LogP) is 7.56. The van der Waals surface area contributed by atoms with Crippen LogP contribution in [0.15, 0.2) is 36.4 Å². The van der Waals surface area contributed by atoms with Crippen LogP contribution < -0.4 is 4.57 Å². The third-order valence-electron chi connectivity index (χ3n) is 6.94. The molecule has 0 saturated heterocycles. The van der Waals surface area contributed by atoms with E-state index in [-0.39, 0.29) is 23.7 Å². The van der Waals surface area contributed by atoms with Crippen LogP contribution in [0.25, 0.3) is 11.4 Å². The fourth-order valence-corrected chi connectivity index (χ4v) is 5.02. The Bertz CT molecular complexity index is 1070. The second kappa shape index (κ2) is 9.77. The molecule has 0 bridgehead atoms. The highest BCUT2D eigenvalue weighted by molar-refractivity contribution is 5.84. The molecule has 0 saturated carbocycles. The van der Waals surface area contributed by atoms with E-state index in [9.17, 15) is 9.90 Å². The van der Waals surface area contributed by atoms with Gasteiger partial charge in [0.15, 0.2) is 0 Å². The third-order valence-corrected chi connectivity index (χ3v) is 6.94. The first kappa shape index (κ1) is 25.7. The monoisotopic (exact) mass is 461 g/mol. The lowest BCUT2D eigenvalue weighted by Crippen LogP contribution is -2.42. The molecule has 0 atom stereocenters. The molecule has 0 amide bonds. The summed E-state index contributed by atoms with van der Waals surface area (Å²) in [6.07, 6.45) is 0. The van der Waals surface area contributed by atoms with Gasteiger partial charge in [-0.05, 0) is 23.7 Å². The number of imidazole rings is 1. The zero-order chi connectivity index (χ0) is 25.5. The highest BCUT2D eigenvalue weighted by atomic mass is 16.4. The Morgan fingerprint density at radius 1 is 0.735 bits per heavy atom. The molecule has 0 fully saturated rings. The van der Waals surface area contributed by atoms with Gasteiger partial charge in [0.05, 0.1) is 0 Å². The van der Waals surface area contributed by atoms with Gasteiger partial charge in [-0.2, -0.15) is 9.13 Å². The molecule has 1 N–H and O–H groups in total. The van der Waals surface area contributed by atoms with Gasteiger partial charge in [0.25, 0.3) is 0 Å². The highest BCUT2D eigenvalue weighted by Crippen LogP contribution is 2.35. The molecule has 1 heterocycles. The maximum Gasteiger partial charge on any atom is 0.420 e. The van der Waals surface area contributed by atoms with Crippen LogP contribution in [0, 0.1) is 13.8 Å². The average molecular weight is 462 g/mol.